The first-order chi connectivity index (χ1) is 6.11. The maximum atomic E-state index is 11.0. The van der Waals surface area contributed by atoms with E-state index in [0.717, 1.165) is 5.69 Å². The summed E-state index contributed by atoms with van der Waals surface area (Å²) in [5.74, 6) is -0.374. The van der Waals surface area contributed by atoms with E-state index >= 15 is 0 Å². The summed E-state index contributed by atoms with van der Waals surface area (Å²) in [5.41, 5.74) is 0.897. The molecule has 1 heterocycles. The summed E-state index contributed by atoms with van der Waals surface area (Å²) < 4.78 is 1.67. The summed E-state index contributed by atoms with van der Waals surface area (Å²) in [7, 11) is 1.80. The lowest BCUT2D eigenvalue weighted by atomic mass is 10.3. The third-order valence-corrected chi connectivity index (χ3v) is 1.75. The Morgan fingerprint density at radius 3 is 3.00 bits per heavy atom. The van der Waals surface area contributed by atoms with Gasteiger partial charge in [-0.15, -0.1) is 0 Å². The van der Waals surface area contributed by atoms with Crippen LogP contribution in [0, 0.1) is 0 Å². The van der Waals surface area contributed by atoms with Gasteiger partial charge in [0, 0.05) is 13.2 Å². The standard InChI is InChI=1S/C8H13N3O2/c1-6(12)8(13)9-5-7-3-4-10-11(7)2/h3-4,6,12H,5H2,1-2H3,(H,9,13). The third-order valence-electron chi connectivity index (χ3n) is 1.75. The number of carbonyl (C=O) groups is 1. The predicted molar refractivity (Wildman–Crippen MR) is 46.7 cm³/mol. The highest BCUT2D eigenvalue weighted by molar-refractivity contribution is 5.79. The van der Waals surface area contributed by atoms with Crippen LogP contribution < -0.4 is 5.32 Å². The van der Waals surface area contributed by atoms with Crippen molar-refractivity contribution in [2.75, 3.05) is 0 Å². The molecule has 1 unspecified atom stereocenters. The number of amides is 1. The molecule has 0 bridgehead atoms. The minimum absolute atomic E-state index is 0.374. The van der Waals surface area contributed by atoms with Gasteiger partial charge in [0.2, 0.25) is 5.91 Å². The molecule has 2 N–H and O–H groups in total. The molecule has 1 rings (SSSR count). The van der Waals surface area contributed by atoms with E-state index in [2.05, 4.69) is 10.4 Å². The van der Waals surface area contributed by atoms with Crippen LogP contribution in [0.4, 0.5) is 0 Å². The molecular weight excluding hydrogens is 170 g/mol. The van der Waals surface area contributed by atoms with E-state index in [-0.39, 0.29) is 5.91 Å². The van der Waals surface area contributed by atoms with Crippen molar-refractivity contribution in [2.45, 2.75) is 19.6 Å². The van der Waals surface area contributed by atoms with Crippen LogP contribution in [0.5, 0.6) is 0 Å². The molecule has 1 atom stereocenters. The first kappa shape index (κ1) is 9.73. The summed E-state index contributed by atoms with van der Waals surface area (Å²) in [6, 6.07) is 1.81. The minimum atomic E-state index is -0.965. The molecule has 0 saturated heterocycles. The van der Waals surface area contributed by atoms with Crippen LogP contribution in [-0.4, -0.2) is 26.9 Å². The summed E-state index contributed by atoms with van der Waals surface area (Å²) in [4.78, 5) is 11.0. The normalized spacial score (nSPS) is 12.5. The SMILES string of the molecule is CC(O)C(=O)NCc1ccnn1C. The lowest BCUT2D eigenvalue weighted by Crippen LogP contribution is -2.32. The van der Waals surface area contributed by atoms with Crippen LogP contribution in [0.1, 0.15) is 12.6 Å². The van der Waals surface area contributed by atoms with Gasteiger partial charge < -0.3 is 10.4 Å². The van der Waals surface area contributed by atoms with Crippen LogP contribution in [0.3, 0.4) is 0 Å². The summed E-state index contributed by atoms with van der Waals surface area (Å²) >= 11 is 0. The van der Waals surface area contributed by atoms with Gasteiger partial charge in [-0.2, -0.15) is 5.10 Å². The maximum absolute atomic E-state index is 11.0. The smallest absolute Gasteiger partial charge is 0.248 e. The van der Waals surface area contributed by atoms with Gasteiger partial charge in [-0.3, -0.25) is 9.48 Å². The Morgan fingerprint density at radius 1 is 1.85 bits per heavy atom. The highest BCUT2D eigenvalue weighted by Crippen LogP contribution is 1.95. The van der Waals surface area contributed by atoms with Crippen LogP contribution in [0.2, 0.25) is 0 Å². The molecule has 5 heteroatoms. The van der Waals surface area contributed by atoms with Crippen molar-refractivity contribution < 1.29 is 9.90 Å². The number of carbonyl (C=O) groups excluding carboxylic acids is 1. The molecule has 0 aromatic carbocycles. The number of aliphatic hydroxyl groups is 1. The highest BCUT2D eigenvalue weighted by Gasteiger charge is 2.08. The predicted octanol–water partition coefficient (Wildman–Crippen LogP) is -0.583. The van der Waals surface area contributed by atoms with E-state index in [1.165, 1.54) is 6.92 Å². The molecular formula is C8H13N3O2. The molecule has 13 heavy (non-hydrogen) atoms. The Bertz CT molecular complexity index is 293. The number of hydrogen-bond acceptors (Lipinski definition) is 3. The fraction of sp³-hybridized carbons (Fsp3) is 0.500. The lowest BCUT2D eigenvalue weighted by molar-refractivity contribution is -0.128. The van der Waals surface area contributed by atoms with Gasteiger partial charge in [-0.1, -0.05) is 0 Å². The zero-order chi connectivity index (χ0) is 9.84. The zero-order valence-corrected chi connectivity index (χ0v) is 7.69. The van der Waals surface area contributed by atoms with Crippen LogP contribution >= 0.6 is 0 Å². The fourth-order valence-corrected chi connectivity index (χ4v) is 0.900. The first-order valence-electron chi connectivity index (χ1n) is 4.04. The summed E-state index contributed by atoms with van der Waals surface area (Å²) in [6.45, 7) is 1.82. The van der Waals surface area contributed by atoms with Gasteiger partial charge in [-0.05, 0) is 13.0 Å². The van der Waals surface area contributed by atoms with Gasteiger partial charge in [0.05, 0.1) is 12.2 Å². The Morgan fingerprint density at radius 2 is 2.54 bits per heavy atom. The number of aryl methyl sites for hydroxylation is 1. The summed E-state index contributed by atoms with van der Waals surface area (Å²) in [5, 5.41) is 15.4. The quantitative estimate of drug-likeness (QED) is 0.658. The minimum Gasteiger partial charge on any atom is -0.384 e. The van der Waals surface area contributed by atoms with E-state index in [0.29, 0.717) is 6.54 Å². The maximum Gasteiger partial charge on any atom is 0.248 e. The van der Waals surface area contributed by atoms with Crippen LogP contribution in [0.25, 0.3) is 0 Å². The average Bonchev–Trinajstić information content (AvgIpc) is 2.47. The van der Waals surface area contributed by atoms with Crippen LogP contribution in [0.15, 0.2) is 12.3 Å². The second-order valence-electron chi connectivity index (χ2n) is 2.84. The van der Waals surface area contributed by atoms with E-state index < -0.39 is 6.10 Å². The van der Waals surface area contributed by atoms with Crippen molar-refractivity contribution in [3.63, 3.8) is 0 Å². The van der Waals surface area contributed by atoms with Crippen molar-refractivity contribution in [2.24, 2.45) is 7.05 Å². The van der Waals surface area contributed by atoms with E-state index in [1.54, 1.807) is 17.9 Å². The van der Waals surface area contributed by atoms with Crippen LogP contribution in [-0.2, 0) is 18.4 Å². The van der Waals surface area contributed by atoms with E-state index in [1.807, 2.05) is 6.07 Å². The number of aromatic nitrogens is 2. The van der Waals surface area contributed by atoms with Gasteiger partial charge in [0.25, 0.3) is 0 Å². The largest absolute Gasteiger partial charge is 0.384 e. The van der Waals surface area contributed by atoms with Gasteiger partial charge in [0.15, 0.2) is 0 Å². The molecule has 0 spiro atoms. The van der Waals surface area contributed by atoms with Crippen molar-refractivity contribution in [1.82, 2.24) is 15.1 Å². The van der Waals surface area contributed by atoms with Crippen molar-refractivity contribution in [1.29, 1.82) is 0 Å². The average molecular weight is 183 g/mol. The molecule has 5 nitrogen and oxygen atoms in total. The van der Waals surface area contributed by atoms with Crippen molar-refractivity contribution in [3.05, 3.63) is 18.0 Å². The highest BCUT2D eigenvalue weighted by atomic mass is 16.3. The molecule has 0 radical (unpaired) electrons. The summed E-state index contributed by atoms with van der Waals surface area (Å²) in [6.07, 6.45) is 0.692. The Kier molecular flexibility index (Phi) is 3.02. The fourth-order valence-electron chi connectivity index (χ4n) is 0.900. The molecule has 72 valence electrons. The second kappa shape index (κ2) is 4.04. The molecule has 0 saturated carbocycles. The molecule has 1 amide bonds. The van der Waals surface area contributed by atoms with E-state index in [9.17, 15) is 4.79 Å². The topological polar surface area (TPSA) is 67.2 Å². The molecule has 1 aromatic rings. The second-order valence-corrected chi connectivity index (χ2v) is 2.84. The number of aliphatic hydroxyl groups excluding tert-OH is 1. The number of rotatable bonds is 3. The molecule has 0 aliphatic heterocycles. The molecule has 0 fully saturated rings. The molecule has 0 aliphatic carbocycles. The van der Waals surface area contributed by atoms with E-state index in [4.69, 9.17) is 5.11 Å². The molecule has 0 aliphatic rings. The third kappa shape index (κ3) is 2.55. The van der Waals surface area contributed by atoms with Gasteiger partial charge in [0.1, 0.15) is 6.10 Å². The first-order valence-corrected chi connectivity index (χ1v) is 4.04. The van der Waals surface area contributed by atoms with Gasteiger partial charge in [-0.25, -0.2) is 0 Å². The molecule has 1 aromatic heterocycles. The Hall–Kier alpha value is -1.36. The number of hydrogen-bond donors (Lipinski definition) is 2. The van der Waals surface area contributed by atoms with Gasteiger partial charge >= 0.3 is 0 Å². The Labute approximate surface area is 76.4 Å². The van der Waals surface area contributed by atoms with Crippen molar-refractivity contribution >= 4 is 5.91 Å². The lowest BCUT2D eigenvalue weighted by Gasteiger charge is -2.06. The van der Waals surface area contributed by atoms with Crippen molar-refractivity contribution in [3.8, 4) is 0 Å². The number of nitrogens with zero attached hydrogens (tertiary/aromatic N) is 2. The number of nitrogens with one attached hydrogen (secondary N) is 1. The Balaban J connectivity index is 2.44. The monoisotopic (exact) mass is 183 g/mol. The zero-order valence-electron chi connectivity index (χ0n) is 7.69.